The van der Waals surface area contributed by atoms with Crippen molar-refractivity contribution >= 4 is 5.96 Å². The van der Waals surface area contributed by atoms with Gasteiger partial charge in [-0.3, -0.25) is 4.99 Å². The number of guanidine groups is 1. The van der Waals surface area contributed by atoms with Gasteiger partial charge in [-0.05, 0) is 12.8 Å². The normalized spacial score (nSPS) is 29.2. The lowest BCUT2D eigenvalue weighted by Gasteiger charge is -2.33. The fraction of sp³-hybridized carbons (Fsp3) is 0.833. The summed E-state index contributed by atoms with van der Waals surface area (Å²) in [4.78, 5) is 3.62. The molecule has 6 heteroatoms. The van der Waals surface area contributed by atoms with Gasteiger partial charge in [0.05, 0.1) is 12.0 Å². The molecule has 0 unspecified atom stereocenters. The van der Waals surface area contributed by atoms with E-state index >= 15 is 0 Å². The Morgan fingerprint density at radius 2 is 1.75 bits per heavy atom. The van der Waals surface area contributed by atoms with E-state index in [1.807, 2.05) is 0 Å². The highest BCUT2D eigenvalue weighted by Crippen LogP contribution is 2.42. The Morgan fingerprint density at radius 3 is 2.08 bits per heavy atom. The second-order valence-electron chi connectivity index (χ2n) is 2.92. The van der Waals surface area contributed by atoms with Crippen LogP contribution < -0.4 is 11.5 Å². The lowest BCUT2D eigenvalue weighted by Crippen LogP contribution is -2.40. The number of rotatable bonds is 1. The zero-order chi connectivity index (χ0) is 9.35. The fourth-order valence-electron chi connectivity index (χ4n) is 1.17. The van der Waals surface area contributed by atoms with Crippen LogP contribution in [0.25, 0.3) is 0 Å². The van der Waals surface area contributed by atoms with E-state index < -0.39 is 12.1 Å². The number of hydrogen-bond acceptors (Lipinski definition) is 1. The SMILES string of the molecule is NC(N)=NC1CC(C(F)(F)F)C1. The van der Waals surface area contributed by atoms with Gasteiger partial charge in [0.2, 0.25) is 0 Å². The zero-order valence-electron chi connectivity index (χ0n) is 6.30. The summed E-state index contributed by atoms with van der Waals surface area (Å²) >= 11 is 0. The van der Waals surface area contributed by atoms with Crippen molar-refractivity contribution in [3.8, 4) is 0 Å². The van der Waals surface area contributed by atoms with Gasteiger partial charge in [0.15, 0.2) is 5.96 Å². The van der Waals surface area contributed by atoms with Gasteiger partial charge in [0.25, 0.3) is 0 Å². The lowest BCUT2D eigenvalue weighted by molar-refractivity contribution is -0.196. The summed E-state index contributed by atoms with van der Waals surface area (Å²) in [5.41, 5.74) is 10.0. The molecule has 0 aromatic heterocycles. The molecule has 0 aromatic carbocycles. The number of aliphatic imine (C=N–C) groups is 1. The Morgan fingerprint density at radius 1 is 1.25 bits per heavy atom. The first-order valence-electron chi connectivity index (χ1n) is 3.55. The second kappa shape index (κ2) is 2.84. The van der Waals surface area contributed by atoms with E-state index in [2.05, 4.69) is 4.99 Å². The first kappa shape index (κ1) is 9.15. The Bertz CT molecular complexity index is 189. The van der Waals surface area contributed by atoms with Gasteiger partial charge >= 0.3 is 6.18 Å². The second-order valence-corrected chi connectivity index (χ2v) is 2.92. The van der Waals surface area contributed by atoms with Crippen LogP contribution in [0, 0.1) is 5.92 Å². The van der Waals surface area contributed by atoms with Crippen molar-refractivity contribution in [2.75, 3.05) is 0 Å². The van der Waals surface area contributed by atoms with Crippen molar-refractivity contribution < 1.29 is 13.2 Å². The summed E-state index contributed by atoms with van der Waals surface area (Å²) in [6, 6.07) is -0.332. The third kappa shape index (κ3) is 2.02. The maximum absolute atomic E-state index is 11.9. The Kier molecular flexibility index (Phi) is 2.16. The predicted octanol–water partition coefficient (Wildman–Crippen LogP) is 0.601. The van der Waals surface area contributed by atoms with Gasteiger partial charge in [0.1, 0.15) is 0 Å². The van der Waals surface area contributed by atoms with Crippen LogP contribution in [0.2, 0.25) is 0 Å². The quantitative estimate of drug-likeness (QED) is 0.459. The van der Waals surface area contributed by atoms with Crippen LogP contribution in [-0.4, -0.2) is 18.2 Å². The first-order valence-corrected chi connectivity index (χ1v) is 3.55. The number of nitrogens with two attached hydrogens (primary N) is 2. The molecule has 0 aliphatic heterocycles. The van der Waals surface area contributed by atoms with Gasteiger partial charge in [-0.25, -0.2) is 0 Å². The molecular weight excluding hydrogens is 171 g/mol. The minimum absolute atomic E-state index is 0.0153. The molecule has 0 spiro atoms. The van der Waals surface area contributed by atoms with Gasteiger partial charge in [0, 0.05) is 0 Å². The highest BCUT2D eigenvalue weighted by atomic mass is 19.4. The molecule has 0 atom stereocenters. The highest BCUT2D eigenvalue weighted by molar-refractivity contribution is 5.75. The van der Waals surface area contributed by atoms with E-state index in [9.17, 15) is 13.2 Å². The molecule has 1 saturated carbocycles. The molecule has 1 fully saturated rings. The molecule has 0 radical (unpaired) electrons. The van der Waals surface area contributed by atoms with Gasteiger partial charge in [-0.2, -0.15) is 13.2 Å². The van der Waals surface area contributed by atoms with Crippen molar-refractivity contribution in [1.82, 2.24) is 0 Å². The van der Waals surface area contributed by atoms with Crippen LogP contribution in [0.15, 0.2) is 4.99 Å². The van der Waals surface area contributed by atoms with Crippen molar-refractivity contribution in [3.05, 3.63) is 0 Å². The summed E-state index contributed by atoms with van der Waals surface area (Å²) < 4.78 is 35.7. The molecular formula is C6H10F3N3. The summed E-state index contributed by atoms with van der Waals surface area (Å²) in [6.45, 7) is 0. The van der Waals surface area contributed by atoms with E-state index in [-0.39, 0.29) is 24.8 Å². The van der Waals surface area contributed by atoms with E-state index in [0.29, 0.717) is 0 Å². The number of hydrogen-bond donors (Lipinski definition) is 2. The van der Waals surface area contributed by atoms with Crippen LogP contribution in [-0.2, 0) is 0 Å². The van der Waals surface area contributed by atoms with Crippen LogP contribution in [0.4, 0.5) is 13.2 Å². The molecule has 4 N–H and O–H groups in total. The van der Waals surface area contributed by atoms with Gasteiger partial charge < -0.3 is 11.5 Å². The summed E-state index contributed by atoms with van der Waals surface area (Å²) in [5.74, 6) is -1.36. The van der Waals surface area contributed by atoms with Gasteiger partial charge in [-0.1, -0.05) is 0 Å². The average Bonchev–Trinajstić information content (AvgIpc) is 1.73. The summed E-state index contributed by atoms with van der Waals surface area (Å²) in [6.07, 6.45) is -4.06. The van der Waals surface area contributed by atoms with E-state index in [4.69, 9.17) is 11.5 Å². The van der Waals surface area contributed by atoms with Gasteiger partial charge in [-0.15, -0.1) is 0 Å². The van der Waals surface area contributed by atoms with Crippen LogP contribution in [0.5, 0.6) is 0 Å². The lowest BCUT2D eigenvalue weighted by atomic mass is 9.80. The summed E-state index contributed by atoms with van der Waals surface area (Å²) in [5, 5.41) is 0. The number of nitrogens with zero attached hydrogens (tertiary/aromatic N) is 1. The third-order valence-electron chi connectivity index (χ3n) is 1.91. The van der Waals surface area contributed by atoms with E-state index in [1.165, 1.54) is 0 Å². The molecule has 1 aliphatic rings. The first-order chi connectivity index (χ1) is 5.39. The van der Waals surface area contributed by atoms with E-state index in [0.717, 1.165) is 0 Å². The molecule has 12 heavy (non-hydrogen) atoms. The maximum atomic E-state index is 11.9. The van der Waals surface area contributed by atoms with Crippen LogP contribution in [0.1, 0.15) is 12.8 Å². The monoisotopic (exact) mass is 181 g/mol. The molecule has 3 nitrogen and oxygen atoms in total. The summed E-state index contributed by atoms with van der Waals surface area (Å²) in [7, 11) is 0. The Balaban J connectivity index is 2.34. The maximum Gasteiger partial charge on any atom is 0.391 e. The molecule has 0 heterocycles. The van der Waals surface area contributed by atoms with Crippen LogP contribution >= 0.6 is 0 Å². The number of alkyl halides is 3. The van der Waals surface area contributed by atoms with Crippen LogP contribution in [0.3, 0.4) is 0 Å². The average molecular weight is 181 g/mol. The smallest absolute Gasteiger partial charge is 0.370 e. The molecule has 1 aliphatic carbocycles. The molecule has 0 amide bonds. The number of halogens is 3. The predicted molar refractivity (Wildman–Crippen MR) is 38.4 cm³/mol. The highest BCUT2D eigenvalue weighted by Gasteiger charge is 2.47. The molecule has 0 aromatic rings. The van der Waals surface area contributed by atoms with Crippen molar-refractivity contribution in [1.29, 1.82) is 0 Å². The molecule has 70 valence electrons. The standard InChI is InChI=1S/C6H10F3N3/c7-6(8,9)3-1-4(2-3)12-5(10)11/h3-4H,1-2H2,(H4,10,11,12). The minimum atomic E-state index is -4.09. The molecule has 0 saturated heterocycles. The minimum Gasteiger partial charge on any atom is -0.370 e. The zero-order valence-corrected chi connectivity index (χ0v) is 6.30. The molecule has 1 rings (SSSR count). The third-order valence-corrected chi connectivity index (χ3v) is 1.91. The van der Waals surface area contributed by atoms with E-state index in [1.54, 1.807) is 0 Å². The van der Waals surface area contributed by atoms with Crippen molar-refractivity contribution in [3.63, 3.8) is 0 Å². The largest absolute Gasteiger partial charge is 0.391 e. The van der Waals surface area contributed by atoms with Crippen molar-refractivity contribution in [2.24, 2.45) is 22.4 Å². The topological polar surface area (TPSA) is 64.4 Å². The molecule has 0 bridgehead atoms. The van der Waals surface area contributed by atoms with Crippen molar-refractivity contribution in [2.45, 2.75) is 25.1 Å². The Labute approximate surface area is 67.6 Å². The Hall–Kier alpha value is -0.940. The fourth-order valence-corrected chi connectivity index (χ4v) is 1.17.